The molecule has 0 aliphatic rings. The molecule has 0 aliphatic carbocycles. The zero-order chi connectivity index (χ0) is 18.8. The summed E-state index contributed by atoms with van der Waals surface area (Å²) < 4.78 is 0. The summed E-state index contributed by atoms with van der Waals surface area (Å²) in [5.74, 6) is 0.227. The molecule has 0 aliphatic heterocycles. The van der Waals surface area contributed by atoms with E-state index >= 15 is 0 Å². The van der Waals surface area contributed by atoms with Gasteiger partial charge in [0.1, 0.15) is 5.82 Å². The fourth-order valence-corrected chi connectivity index (χ4v) is 2.87. The molecule has 2 N–H and O–H groups in total. The number of hydrogen-bond donors (Lipinski definition) is 2. The van der Waals surface area contributed by atoms with E-state index in [1.165, 1.54) is 0 Å². The smallest absolute Gasteiger partial charge is 0.259 e. The number of amides is 1. The standard InChI is InChI=1S/C19H17Cl2N3O2/c1-10(2)18(25)22-9-11-3-6-15(21)14(7-11)17-23-16-8-12(20)4-5-13(16)19(26)24-17/h3-8,10H,9H2,1-2H3,(H,22,25)(H,23,24,26). The summed E-state index contributed by atoms with van der Waals surface area (Å²) in [6, 6.07) is 10.3. The molecule has 2 aromatic carbocycles. The molecule has 0 bridgehead atoms. The molecule has 1 aromatic heterocycles. The van der Waals surface area contributed by atoms with Crippen LogP contribution in [0.4, 0.5) is 0 Å². The van der Waals surface area contributed by atoms with Crippen molar-refractivity contribution in [2.45, 2.75) is 20.4 Å². The van der Waals surface area contributed by atoms with Crippen molar-refractivity contribution >= 4 is 40.0 Å². The summed E-state index contributed by atoms with van der Waals surface area (Å²) in [5, 5.41) is 4.26. The number of hydrogen-bond acceptors (Lipinski definition) is 3. The molecule has 0 atom stereocenters. The average molecular weight is 390 g/mol. The van der Waals surface area contributed by atoms with Gasteiger partial charge in [-0.3, -0.25) is 9.59 Å². The quantitative estimate of drug-likeness (QED) is 0.702. The van der Waals surface area contributed by atoms with Gasteiger partial charge >= 0.3 is 0 Å². The summed E-state index contributed by atoms with van der Waals surface area (Å²) in [5.41, 5.74) is 1.66. The van der Waals surface area contributed by atoms with E-state index in [9.17, 15) is 9.59 Å². The minimum Gasteiger partial charge on any atom is -0.352 e. The minimum atomic E-state index is -0.267. The highest BCUT2D eigenvalue weighted by Crippen LogP contribution is 2.27. The van der Waals surface area contributed by atoms with Crippen LogP contribution in [0.1, 0.15) is 19.4 Å². The third-order valence-corrected chi connectivity index (χ3v) is 4.51. The number of benzene rings is 2. The molecule has 0 unspecified atom stereocenters. The van der Waals surface area contributed by atoms with Crippen LogP contribution in [0.25, 0.3) is 22.3 Å². The van der Waals surface area contributed by atoms with Crippen LogP contribution in [0, 0.1) is 5.92 Å². The number of carbonyl (C=O) groups excluding carboxylic acids is 1. The molecular weight excluding hydrogens is 373 g/mol. The lowest BCUT2D eigenvalue weighted by Gasteiger charge is -2.10. The lowest BCUT2D eigenvalue weighted by atomic mass is 10.1. The maximum atomic E-state index is 12.3. The molecule has 1 heterocycles. The van der Waals surface area contributed by atoms with E-state index in [2.05, 4.69) is 15.3 Å². The predicted octanol–water partition coefficient (Wildman–Crippen LogP) is 4.17. The molecule has 3 rings (SSSR count). The molecule has 3 aromatic rings. The van der Waals surface area contributed by atoms with Crippen LogP contribution in [0.3, 0.4) is 0 Å². The summed E-state index contributed by atoms with van der Waals surface area (Å²) in [7, 11) is 0. The highest BCUT2D eigenvalue weighted by Gasteiger charge is 2.12. The Labute approximate surface area is 160 Å². The van der Waals surface area contributed by atoms with E-state index in [-0.39, 0.29) is 17.4 Å². The van der Waals surface area contributed by atoms with Gasteiger partial charge in [-0.25, -0.2) is 4.98 Å². The Morgan fingerprint density at radius 3 is 2.69 bits per heavy atom. The van der Waals surface area contributed by atoms with Gasteiger partial charge in [0.2, 0.25) is 5.91 Å². The van der Waals surface area contributed by atoms with Crippen molar-refractivity contribution in [1.82, 2.24) is 15.3 Å². The zero-order valence-corrected chi connectivity index (χ0v) is 15.8. The maximum absolute atomic E-state index is 12.3. The van der Waals surface area contributed by atoms with Crippen molar-refractivity contribution in [3.8, 4) is 11.4 Å². The van der Waals surface area contributed by atoms with Gasteiger partial charge in [0.05, 0.1) is 15.9 Å². The van der Waals surface area contributed by atoms with Crippen LogP contribution in [-0.2, 0) is 11.3 Å². The average Bonchev–Trinajstić information content (AvgIpc) is 2.60. The number of fused-ring (bicyclic) bond motifs is 1. The Morgan fingerprint density at radius 2 is 1.96 bits per heavy atom. The maximum Gasteiger partial charge on any atom is 0.259 e. The van der Waals surface area contributed by atoms with Gasteiger partial charge in [0.15, 0.2) is 0 Å². The molecular formula is C19H17Cl2N3O2. The Balaban J connectivity index is 2.01. The van der Waals surface area contributed by atoms with Gasteiger partial charge in [0.25, 0.3) is 5.56 Å². The van der Waals surface area contributed by atoms with Crippen molar-refractivity contribution in [1.29, 1.82) is 0 Å². The molecule has 0 spiro atoms. The number of H-pyrrole nitrogens is 1. The number of aromatic nitrogens is 2. The molecule has 0 saturated carbocycles. The number of carbonyl (C=O) groups is 1. The molecule has 7 heteroatoms. The second kappa shape index (κ2) is 7.48. The fourth-order valence-electron chi connectivity index (χ4n) is 2.50. The monoisotopic (exact) mass is 389 g/mol. The van der Waals surface area contributed by atoms with E-state index < -0.39 is 0 Å². The molecule has 0 radical (unpaired) electrons. The summed E-state index contributed by atoms with van der Waals surface area (Å²) in [6.45, 7) is 4.03. The number of aromatic amines is 1. The molecule has 0 fully saturated rings. The van der Waals surface area contributed by atoms with E-state index in [1.54, 1.807) is 30.3 Å². The predicted molar refractivity (Wildman–Crippen MR) is 105 cm³/mol. The number of nitrogens with one attached hydrogen (secondary N) is 2. The van der Waals surface area contributed by atoms with Gasteiger partial charge < -0.3 is 10.3 Å². The first-order valence-corrected chi connectivity index (χ1v) is 8.87. The molecule has 0 saturated heterocycles. The second-order valence-corrected chi connectivity index (χ2v) is 7.11. The van der Waals surface area contributed by atoms with Crippen molar-refractivity contribution in [3.05, 3.63) is 62.4 Å². The molecule has 5 nitrogen and oxygen atoms in total. The lowest BCUT2D eigenvalue weighted by Crippen LogP contribution is -2.27. The topological polar surface area (TPSA) is 74.8 Å². The van der Waals surface area contributed by atoms with Crippen LogP contribution in [-0.4, -0.2) is 15.9 Å². The van der Waals surface area contributed by atoms with Crippen molar-refractivity contribution in [2.24, 2.45) is 5.92 Å². The van der Waals surface area contributed by atoms with E-state index in [1.807, 2.05) is 19.9 Å². The SMILES string of the molecule is CC(C)C(=O)NCc1ccc(Cl)c(-c2nc3cc(Cl)ccc3c(=O)[nH]2)c1. The van der Waals surface area contributed by atoms with Crippen LogP contribution >= 0.6 is 23.2 Å². The molecule has 26 heavy (non-hydrogen) atoms. The van der Waals surface area contributed by atoms with Crippen LogP contribution in [0.5, 0.6) is 0 Å². The third-order valence-electron chi connectivity index (χ3n) is 3.95. The van der Waals surface area contributed by atoms with Crippen molar-refractivity contribution < 1.29 is 4.79 Å². The van der Waals surface area contributed by atoms with Crippen LogP contribution in [0.2, 0.25) is 10.0 Å². The Bertz CT molecular complexity index is 1040. The van der Waals surface area contributed by atoms with Crippen LogP contribution in [0.15, 0.2) is 41.2 Å². The lowest BCUT2D eigenvalue weighted by molar-refractivity contribution is -0.124. The Kier molecular flexibility index (Phi) is 5.30. The van der Waals surface area contributed by atoms with E-state index in [4.69, 9.17) is 23.2 Å². The summed E-state index contributed by atoms with van der Waals surface area (Å²) in [4.78, 5) is 31.3. The van der Waals surface area contributed by atoms with Gasteiger partial charge in [-0.15, -0.1) is 0 Å². The first-order chi connectivity index (χ1) is 12.3. The summed E-state index contributed by atoms with van der Waals surface area (Å²) in [6.07, 6.45) is 0. The number of halogens is 2. The van der Waals surface area contributed by atoms with Gasteiger partial charge in [-0.2, -0.15) is 0 Å². The van der Waals surface area contributed by atoms with Gasteiger partial charge in [-0.05, 0) is 35.9 Å². The Morgan fingerprint density at radius 1 is 1.19 bits per heavy atom. The minimum absolute atomic E-state index is 0.0339. The molecule has 1 amide bonds. The highest BCUT2D eigenvalue weighted by molar-refractivity contribution is 6.33. The first-order valence-electron chi connectivity index (χ1n) is 8.11. The zero-order valence-electron chi connectivity index (χ0n) is 14.3. The van der Waals surface area contributed by atoms with E-state index in [0.29, 0.717) is 38.9 Å². The molecule has 134 valence electrons. The van der Waals surface area contributed by atoms with Crippen molar-refractivity contribution in [3.63, 3.8) is 0 Å². The second-order valence-electron chi connectivity index (χ2n) is 6.26. The number of nitrogens with zero attached hydrogens (tertiary/aromatic N) is 1. The van der Waals surface area contributed by atoms with Gasteiger partial charge in [0, 0.05) is 23.0 Å². The third kappa shape index (κ3) is 3.89. The largest absolute Gasteiger partial charge is 0.352 e. The van der Waals surface area contributed by atoms with Gasteiger partial charge in [-0.1, -0.05) is 43.1 Å². The Hall–Kier alpha value is -2.37. The highest BCUT2D eigenvalue weighted by atomic mass is 35.5. The number of rotatable bonds is 4. The van der Waals surface area contributed by atoms with Crippen molar-refractivity contribution in [2.75, 3.05) is 0 Å². The normalized spacial score (nSPS) is 11.1. The fraction of sp³-hybridized carbons (Fsp3) is 0.211. The van der Waals surface area contributed by atoms with Crippen LogP contribution < -0.4 is 10.9 Å². The first kappa shape index (κ1) is 18.4. The van der Waals surface area contributed by atoms with E-state index in [0.717, 1.165) is 5.56 Å². The summed E-state index contributed by atoms with van der Waals surface area (Å²) >= 11 is 12.3.